The summed E-state index contributed by atoms with van der Waals surface area (Å²) in [5, 5.41) is 5.33. The van der Waals surface area contributed by atoms with Crippen molar-refractivity contribution < 1.29 is 0 Å². The Kier molecular flexibility index (Phi) is 4.57. The molecule has 0 aliphatic heterocycles. The van der Waals surface area contributed by atoms with Crippen molar-refractivity contribution in [3.8, 4) is 11.3 Å². The number of fused-ring (bicyclic) bond motifs is 2. The summed E-state index contributed by atoms with van der Waals surface area (Å²) < 4.78 is 0. The monoisotopic (exact) mass is 390 g/mol. The van der Waals surface area contributed by atoms with E-state index in [4.69, 9.17) is 4.98 Å². The minimum absolute atomic E-state index is 0.445. The maximum absolute atomic E-state index is 4.72. The first-order chi connectivity index (χ1) is 14.8. The molecule has 5 rings (SSSR count). The van der Waals surface area contributed by atoms with Crippen molar-refractivity contribution in [1.29, 1.82) is 0 Å². The predicted octanol–water partition coefficient (Wildman–Crippen LogP) is 4.99. The van der Waals surface area contributed by atoms with Gasteiger partial charge in [0.1, 0.15) is 0 Å². The van der Waals surface area contributed by atoms with Crippen LogP contribution in [0.5, 0.6) is 0 Å². The Morgan fingerprint density at radius 2 is 1.60 bits per heavy atom. The molecule has 0 saturated carbocycles. The fourth-order valence-electron chi connectivity index (χ4n) is 3.28. The van der Waals surface area contributed by atoms with E-state index in [2.05, 4.69) is 56.7 Å². The van der Waals surface area contributed by atoms with Gasteiger partial charge < -0.3 is 0 Å². The van der Waals surface area contributed by atoms with Gasteiger partial charge in [0, 0.05) is 23.3 Å². The van der Waals surface area contributed by atoms with Crippen LogP contribution in [0.4, 0.5) is 5.95 Å². The number of para-hydroxylation sites is 1. The molecule has 2 aromatic heterocycles. The van der Waals surface area contributed by atoms with Crippen LogP contribution >= 0.6 is 0 Å². The van der Waals surface area contributed by atoms with Gasteiger partial charge in [-0.2, -0.15) is 5.10 Å². The van der Waals surface area contributed by atoms with E-state index in [-0.39, 0.29) is 0 Å². The van der Waals surface area contributed by atoms with Gasteiger partial charge in [-0.15, -0.1) is 0 Å². The number of nitrogens with one attached hydrogen (secondary N) is 1. The van der Waals surface area contributed by atoms with Crippen LogP contribution < -0.4 is 5.43 Å². The Hall–Kier alpha value is -4.19. The lowest BCUT2D eigenvalue weighted by molar-refractivity contribution is 1.16. The van der Waals surface area contributed by atoms with E-state index in [1.54, 1.807) is 18.6 Å². The van der Waals surface area contributed by atoms with Crippen LogP contribution in [0.2, 0.25) is 0 Å². The Labute approximate surface area is 173 Å². The van der Waals surface area contributed by atoms with E-state index in [1.807, 2.05) is 42.5 Å². The van der Waals surface area contributed by atoms with Crippen molar-refractivity contribution >= 4 is 34.1 Å². The molecule has 30 heavy (non-hydrogen) atoms. The molecule has 0 radical (unpaired) electrons. The second-order valence-electron chi connectivity index (χ2n) is 6.95. The zero-order chi connectivity index (χ0) is 20.3. The van der Waals surface area contributed by atoms with Crippen LogP contribution in [0.3, 0.4) is 0 Å². The fourth-order valence-corrected chi connectivity index (χ4v) is 3.28. The summed E-state index contributed by atoms with van der Waals surface area (Å²) in [6.45, 7) is 2.07. The van der Waals surface area contributed by atoms with Crippen LogP contribution in [0, 0.1) is 6.92 Å². The van der Waals surface area contributed by atoms with Crippen molar-refractivity contribution in [3.63, 3.8) is 0 Å². The van der Waals surface area contributed by atoms with Crippen LogP contribution in [0.1, 0.15) is 11.1 Å². The van der Waals surface area contributed by atoms with E-state index in [0.717, 1.165) is 38.8 Å². The molecular weight excluding hydrogens is 372 g/mol. The van der Waals surface area contributed by atoms with Gasteiger partial charge in [-0.05, 0) is 30.7 Å². The molecule has 0 unspecified atom stereocenters. The number of anilines is 1. The predicted molar refractivity (Wildman–Crippen MR) is 120 cm³/mol. The number of nitrogens with zero attached hydrogens (tertiary/aromatic N) is 5. The first-order valence-corrected chi connectivity index (χ1v) is 9.60. The molecular formula is C24H18N6. The molecule has 1 N–H and O–H groups in total. The van der Waals surface area contributed by atoms with Gasteiger partial charge in [0.15, 0.2) is 0 Å². The lowest BCUT2D eigenvalue weighted by atomic mass is 10.1. The Balaban J connectivity index is 1.48. The number of benzene rings is 3. The lowest BCUT2D eigenvalue weighted by Gasteiger charge is -2.08. The fraction of sp³-hybridized carbons (Fsp3) is 0.0417. The second-order valence-corrected chi connectivity index (χ2v) is 6.95. The zero-order valence-electron chi connectivity index (χ0n) is 16.3. The molecule has 6 heteroatoms. The van der Waals surface area contributed by atoms with Gasteiger partial charge >= 0.3 is 0 Å². The third-order valence-electron chi connectivity index (χ3n) is 4.80. The van der Waals surface area contributed by atoms with Gasteiger partial charge in [-0.25, -0.2) is 15.4 Å². The number of rotatable bonds is 4. The number of aryl methyl sites for hydroxylation is 1. The van der Waals surface area contributed by atoms with E-state index in [1.165, 1.54) is 5.56 Å². The minimum Gasteiger partial charge on any atom is -0.253 e. The van der Waals surface area contributed by atoms with Crippen LogP contribution in [-0.2, 0) is 0 Å². The molecule has 2 heterocycles. The molecule has 6 nitrogen and oxygen atoms in total. The van der Waals surface area contributed by atoms with Gasteiger partial charge in [-0.3, -0.25) is 9.97 Å². The average molecular weight is 390 g/mol. The highest BCUT2D eigenvalue weighted by Gasteiger charge is 2.09. The molecule has 144 valence electrons. The molecule has 0 amide bonds. The molecule has 5 aromatic rings. The first kappa shape index (κ1) is 17.9. The normalized spacial score (nSPS) is 11.4. The van der Waals surface area contributed by atoms with E-state index in [0.29, 0.717) is 5.95 Å². The van der Waals surface area contributed by atoms with Gasteiger partial charge in [0.05, 0.1) is 28.5 Å². The third kappa shape index (κ3) is 3.58. The molecule has 0 saturated heterocycles. The minimum atomic E-state index is 0.445. The summed E-state index contributed by atoms with van der Waals surface area (Å²) in [5.74, 6) is 0.445. The number of hydrogen-bond acceptors (Lipinski definition) is 6. The van der Waals surface area contributed by atoms with Crippen molar-refractivity contribution in [3.05, 3.63) is 90.3 Å². The first-order valence-electron chi connectivity index (χ1n) is 9.60. The molecule has 0 atom stereocenters. The molecule has 0 fully saturated rings. The molecule has 3 aromatic carbocycles. The topological polar surface area (TPSA) is 76.0 Å². The van der Waals surface area contributed by atoms with Crippen molar-refractivity contribution in [2.45, 2.75) is 6.92 Å². The number of hydrazone groups is 1. The molecule has 0 bridgehead atoms. The smallest absolute Gasteiger partial charge is 0.244 e. The molecule has 0 spiro atoms. The highest BCUT2D eigenvalue weighted by atomic mass is 15.3. The highest BCUT2D eigenvalue weighted by molar-refractivity contribution is 5.93. The SMILES string of the molecule is Cc1ccc(-c2nc(N/N=C/c3ccc4nccnc4c3)nc3ccccc23)cc1. The van der Waals surface area contributed by atoms with Crippen LogP contribution in [-0.4, -0.2) is 26.2 Å². The summed E-state index contributed by atoms with van der Waals surface area (Å²) in [4.78, 5) is 17.9. The largest absolute Gasteiger partial charge is 0.253 e. The zero-order valence-corrected chi connectivity index (χ0v) is 16.3. The summed E-state index contributed by atoms with van der Waals surface area (Å²) in [7, 11) is 0. The summed E-state index contributed by atoms with van der Waals surface area (Å²) in [6.07, 6.45) is 5.08. The van der Waals surface area contributed by atoms with E-state index >= 15 is 0 Å². The number of aromatic nitrogens is 4. The standard InChI is InChI=1S/C24H18N6/c1-16-6-9-18(10-7-16)23-19-4-2-3-5-20(19)28-24(29-23)30-27-15-17-8-11-21-22(14-17)26-13-12-25-21/h2-15H,1H3,(H,28,29,30)/b27-15+. The Bertz CT molecular complexity index is 1380. The van der Waals surface area contributed by atoms with Crippen LogP contribution in [0.15, 0.2) is 84.2 Å². The van der Waals surface area contributed by atoms with Gasteiger partial charge in [-0.1, -0.05) is 54.1 Å². The highest BCUT2D eigenvalue weighted by Crippen LogP contribution is 2.27. The lowest BCUT2D eigenvalue weighted by Crippen LogP contribution is -2.00. The van der Waals surface area contributed by atoms with E-state index < -0.39 is 0 Å². The van der Waals surface area contributed by atoms with Crippen LogP contribution in [0.25, 0.3) is 33.2 Å². The van der Waals surface area contributed by atoms with Gasteiger partial charge in [0.25, 0.3) is 0 Å². The Morgan fingerprint density at radius 1 is 0.800 bits per heavy atom. The van der Waals surface area contributed by atoms with E-state index in [9.17, 15) is 0 Å². The Morgan fingerprint density at radius 3 is 2.47 bits per heavy atom. The number of hydrogen-bond donors (Lipinski definition) is 1. The second kappa shape index (κ2) is 7.67. The molecule has 0 aliphatic carbocycles. The maximum atomic E-state index is 4.72. The maximum Gasteiger partial charge on any atom is 0.244 e. The van der Waals surface area contributed by atoms with Crippen molar-refractivity contribution in [2.24, 2.45) is 5.10 Å². The quantitative estimate of drug-likeness (QED) is 0.345. The van der Waals surface area contributed by atoms with Crippen molar-refractivity contribution in [2.75, 3.05) is 5.43 Å². The van der Waals surface area contributed by atoms with Gasteiger partial charge in [0.2, 0.25) is 5.95 Å². The summed E-state index contributed by atoms with van der Waals surface area (Å²) >= 11 is 0. The average Bonchev–Trinajstić information content (AvgIpc) is 2.79. The summed E-state index contributed by atoms with van der Waals surface area (Å²) in [6, 6.07) is 22.1. The molecule has 0 aliphatic rings. The van der Waals surface area contributed by atoms with Crippen molar-refractivity contribution in [1.82, 2.24) is 19.9 Å². The summed E-state index contributed by atoms with van der Waals surface area (Å²) in [5.41, 5.74) is 9.54. The third-order valence-corrected chi connectivity index (χ3v) is 4.80.